The first-order chi connectivity index (χ1) is 8.70. The highest BCUT2D eigenvalue weighted by Crippen LogP contribution is 2.23. The average Bonchev–Trinajstić information content (AvgIpc) is 2.72. The number of thiazole rings is 1. The van der Waals surface area contributed by atoms with Gasteiger partial charge < -0.3 is 11.1 Å². The summed E-state index contributed by atoms with van der Waals surface area (Å²) in [5.74, 6) is 0.328. The Morgan fingerprint density at radius 3 is 2.38 bits per heavy atom. The second-order valence-corrected chi connectivity index (χ2v) is 7.27. The molecule has 124 valence electrons. The fourth-order valence-electron chi connectivity index (χ4n) is 1.65. The van der Waals surface area contributed by atoms with Crippen LogP contribution in [0.5, 0.6) is 0 Å². The van der Waals surface area contributed by atoms with Gasteiger partial charge in [0.1, 0.15) is 5.01 Å². The van der Waals surface area contributed by atoms with Gasteiger partial charge in [0, 0.05) is 10.8 Å². The number of carbonyl (C=O) groups is 1. The van der Waals surface area contributed by atoms with Gasteiger partial charge in [-0.1, -0.05) is 34.6 Å². The lowest BCUT2D eigenvalue weighted by molar-refractivity contribution is -0.122. The van der Waals surface area contributed by atoms with E-state index in [2.05, 4.69) is 50.3 Å². The molecule has 7 heteroatoms. The van der Waals surface area contributed by atoms with Crippen LogP contribution in [0, 0.1) is 5.92 Å². The van der Waals surface area contributed by atoms with Gasteiger partial charge in [-0.25, -0.2) is 4.98 Å². The molecule has 1 aromatic heterocycles. The molecular formula is C14H27Cl2N3OS. The molecule has 21 heavy (non-hydrogen) atoms. The van der Waals surface area contributed by atoms with Crippen LogP contribution in [-0.4, -0.2) is 16.9 Å². The smallest absolute Gasteiger partial charge is 0.237 e. The minimum absolute atomic E-state index is 0. The molecule has 1 aromatic rings. The van der Waals surface area contributed by atoms with Gasteiger partial charge in [0.15, 0.2) is 0 Å². The van der Waals surface area contributed by atoms with Crippen molar-refractivity contribution in [3.63, 3.8) is 0 Å². The van der Waals surface area contributed by atoms with Crippen molar-refractivity contribution in [1.82, 2.24) is 10.3 Å². The van der Waals surface area contributed by atoms with Crippen LogP contribution in [0.15, 0.2) is 5.38 Å². The van der Waals surface area contributed by atoms with Crippen molar-refractivity contribution in [1.29, 1.82) is 0 Å². The van der Waals surface area contributed by atoms with E-state index in [9.17, 15) is 4.79 Å². The molecule has 4 nitrogen and oxygen atoms in total. The van der Waals surface area contributed by atoms with E-state index in [4.69, 9.17) is 5.73 Å². The van der Waals surface area contributed by atoms with Crippen LogP contribution in [0.25, 0.3) is 0 Å². The van der Waals surface area contributed by atoms with Gasteiger partial charge >= 0.3 is 0 Å². The minimum atomic E-state index is -0.429. The Kier molecular flexibility index (Phi) is 10.5. The Labute approximate surface area is 144 Å². The van der Waals surface area contributed by atoms with Gasteiger partial charge in [-0.2, -0.15) is 0 Å². The molecule has 0 unspecified atom stereocenters. The molecule has 0 saturated carbocycles. The summed E-state index contributed by atoms with van der Waals surface area (Å²) in [5, 5.41) is 5.83. The number of carbonyl (C=O) groups excluding carboxylic acids is 1. The van der Waals surface area contributed by atoms with Gasteiger partial charge in [0.05, 0.1) is 18.3 Å². The third-order valence-electron chi connectivity index (χ3n) is 2.80. The van der Waals surface area contributed by atoms with Gasteiger partial charge in [-0.3, -0.25) is 4.79 Å². The lowest BCUT2D eigenvalue weighted by atomic mass is 9.93. The number of nitrogens with one attached hydrogen (secondary N) is 1. The maximum absolute atomic E-state index is 11.8. The zero-order chi connectivity index (χ0) is 14.6. The number of amides is 1. The average molecular weight is 356 g/mol. The molecule has 3 N–H and O–H groups in total. The standard InChI is InChI=1S/C14H25N3OS.2ClH/c1-9(2)6-10(15)13(18)16-7-12-17-11(8-19-12)14(3,4)5;;/h8-10H,6-7,15H2,1-5H3,(H,16,18);2*1H/t10-;;/m0../s1. The third-order valence-corrected chi connectivity index (χ3v) is 3.64. The number of hydrogen-bond acceptors (Lipinski definition) is 4. The van der Waals surface area contributed by atoms with E-state index in [1.54, 1.807) is 11.3 Å². The Bertz CT molecular complexity index is 430. The normalized spacial score (nSPS) is 12.3. The Morgan fingerprint density at radius 1 is 1.38 bits per heavy atom. The molecule has 0 aliphatic carbocycles. The zero-order valence-electron chi connectivity index (χ0n) is 13.3. The quantitative estimate of drug-likeness (QED) is 0.851. The first-order valence-corrected chi connectivity index (χ1v) is 7.56. The Balaban J connectivity index is 0. The number of nitrogens with zero attached hydrogens (tertiary/aromatic N) is 1. The Hall–Kier alpha value is -0.360. The zero-order valence-corrected chi connectivity index (χ0v) is 15.8. The molecule has 0 aliphatic heterocycles. The summed E-state index contributed by atoms with van der Waals surface area (Å²) >= 11 is 1.58. The van der Waals surface area contributed by atoms with Crippen LogP contribution in [0.3, 0.4) is 0 Å². The van der Waals surface area contributed by atoms with E-state index in [-0.39, 0.29) is 36.1 Å². The molecule has 0 spiro atoms. The number of hydrogen-bond donors (Lipinski definition) is 2. The van der Waals surface area contributed by atoms with E-state index in [1.807, 2.05) is 0 Å². The summed E-state index contributed by atoms with van der Waals surface area (Å²) in [5.41, 5.74) is 6.94. The summed E-state index contributed by atoms with van der Waals surface area (Å²) in [7, 11) is 0. The summed E-state index contributed by atoms with van der Waals surface area (Å²) < 4.78 is 0. The van der Waals surface area contributed by atoms with E-state index in [1.165, 1.54) is 0 Å². The van der Waals surface area contributed by atoms with Crippen LogP contribution in [0.2, 0.25) is 0 Å². The lowest BCUT2D eigenvalue weighted by Gasteiger charge is -2.15. The van der Waals surface area contributed by atoms with Crippen LogP contribution in [0.1, 0.15) is 51.7 Å². The predicted molar refractivity (Wildman–Crippen MR) is 94.6 cm³/mol. The highest BCUT2D eigenvalue weighted by molar-refractivity contribution is 7.09. The third kappa shape index (κ3) is 8.00. The summed E-state index contributed by atoms with van der Waals surface area (Å²) in [6.07, 6.45) is 0.705. The molecule has 0 radical (unpaired) electrons. The van der Waals surface area contributed by atoms with Gasteiger partial charge in [-0.05, 0) is 12.3 Å². The van der Waals surface area contributed by atoms with Crippen molar-refractivity contribution < 1.29 is 4.79 Å². The number of halogens is 2. The second kappa shape index (κ2) is 9.62. The summed E-state index contributed by atoms with van der Waals surface area (Å²) in [6.45, 7) is 11.0. The fraction of sp³-hybridized carbons (Fsp3) is 0.714. The molecular weight excluding hydrogens is 329 g/mol. The highest BCUT2D eigenvalue weighted by Gasteiger charge is 2.18. The van der Waals surface area contributed by atoms with E-state index in [0.29, 0.717) is 18.9 Å². The molecule has 0 bridgehead atoms. The first kappa shape index (κ1) is 22.9. The molecule has 0 saturated heterocycles. The highest BCUT2D eigenvalue weighted by atomic mass is 35.5. The number of nitrogens with two attached hydrogens (primary N) is 1. The number of rotatable bonds is 5. The van der Waals surface area contributed by atoms with E-state index < -0.39 is 6.04 Å². The van der Waals surface area contributed by atoms with Gasteiger partial charge in [-0.15, -0.1) is 36.2 Å². The lowest BCUT2D eigenvalue weighted by Crippen LogP contribution is -2.41. The van der Waals surface area contributed by atoms with Crippen molar-refractivity contribution in [2.75, 3.05) is 0 Å². The van der Waals surface area contributed by atoms with Crippen molar-refractivity contribution in [2.24, 2.45) is 11.7 Å². The van der Waals surface area contributed by atoms with Crippen LogP contribution in [0.4, 0.5) is 0 Å². The molecule has 0 aromatic carbocycles. The van der Waals surface area contributed by atoms with Crippen molar-refractivity contribution in [2.45, 2.75) is 59.0 Å². The SMILES string of the molecule is CC(C)C[C@H](N)C(=O)NCc1nc(C(C)(C)C)cs1.Cl.Cl. The van der Waals surface area contributed by atoms with Crippen LogP contribution in [-0.2, 0) is 16.8 Å². The molecule has 1 rings (SSSR count). The predicted octanol–water partition coefficient (Wildman–Crippen LogP) is 3.27. The maximum atomic E-state index is 11.8. The maximum Gasteiger partial charge on any atom is 0.237 e. The number of aromatic nitrogens is 1. The van der Waals surface area contributed by atoms with Crippen LogP contribution < -0.4 is 11.1 Å². The van der Waals surface area contributed by atoms with Gasteiger partial charge in [0.2, 0.25) is 5.91 Å². The molecule has 0 fully saturated rings. The van der Waals surface area contributed by atoms with Crippen molar-refractivity contribution >= 4 is 42.1 Å². The fourth-order valence-corrected chi connectivity index (χ4v) is 2.61. The summed E-state index contributed by atoms with van der Waals surface area (Å²) in [6, 6.07) is -0.429. The second-order valence-electron chi connectivity index (χ2n) is 6.33. The first-order valence-electron chi connectivity index (χ1n) is 6.68. The van der Waals surface area contributed by atoms with Crippen LogP contribution >= 0.6 is 36.2 Å². The molecule has 1 amide bonds. The van der Waals surface area contributed by atoms with Crippen molar-refractivity contribution in [3.05, 3.63) is 16.1 Å². The molecule has 1 heterocycles. The minimum Gasteiger partial charge on any atom is -0.348 e. The van der Waals surface area contributed by atoms with E-state index in [0.717, 1.165) is 10.7 Å². The van der Waals surface area contributed by atoms with Gasteiger partial charge in [0.25, 0.3) is 0 Å². The molecule has 1 atom stereocenters. The van der Waals surface area contributed by atoms with E-state index >= 15 is 0 Å². The Morgan fingerprint density at radius 2 is 1.95 bits per heavy atom. The summed E-state index contributed by atoms with van der Waals surface area (Å²) in [4.78, 5) is 16.3. The topological polar surface area (TPSA) is 68.0 Å². The van der Waals surface area contributed by atoms with Crippen molar-refractivity contribution in [3.8, 4) is 0 Å². The largest absolute Gasteiger partial charge is 0.348 e. The monoisotopic (exact) mass is 355 g/mol. The molecule has 0 aliphatic rings.